The van der Waals surface area contributed by atoms with Crippen LogP contribution in [0.3, 0.4) is 0 Å². The number of amides is 1. The van der Waals surface area contributed by atoms with E-state index in [9.17, 15) is 17.6 Å². The van der Waals surface area contributed by atoms with Gasteiger partial charge in [-0.2, -0.15) is 8.42 Å². The molecule has 0 bridgehead atoms. The van der Waals surface area contributed by atoms with Crippen LogP contribution in [0.5, 0.6) is 11.5 Å². The van der Waals surface area contributed by atoms with Gasteiger partial charge in [-0.25, -0.2) is 4.39 Å². The van der Waals surface area contributed by atoms with Crippen molar-refractivity contribution in [2.75, 3.05) is 13.7 Å². The van der Waals surface area contributed by atoms with E-state index in [-0.39, 0.29) is 22.3 Å². The van der Waals surface area contributed by atoms with Gasteiger partial charge in [-0.05, 0) is 48.0 Å². The molecule has 156 valence electrons. The fourth-order valence-corrected chi connectivity index (χ4v) is 4.76. The second-order valence-electron chi connectivity index (χ2n) is 5.98. The van der Waals surface area contributed by atoms with E-state index in [4.69, 9.17) is 21.1 Å². The molecule has 2 aromatic rings. The minimum Gasteiger partial charge on any atom is -0.493 e. The molecule has 0 aromatic heterocycles. The number of halogens is 1. The average Bonchev–Trinajstić information content (AvgIpc) is 2.97. The van der Waals surface area contributed by atoms with Crippen LogP contribution >= 0.6 is 24.0 Å². The number of thiocarbonyl (C=S) groups is 1. The maximum atomic E-state index is 13.0. The lowest BCUT2D eigenvalue weighted by molar-refractivity contribution is -0.121. The quantitative estimate of drug-likeness (QED) is 0.265. The van der Waals surface area contributed by atoms with Crippen molar-refractivity contribution < 1.29 is 26.5 Å². The number of ether oxygens (including phenoxy) is 1. The van der Waals surface area contributed by atoms with Crippen LogP contribution in [0.4, 0.5) is 4.39 Å². The van der Waals surface area contributed by atoms with Gasteiger partial charge in [0.2, 0.25) is 0 Å². The van der Waals surface area contributed by atoms with Crippen molar-refractivity contribution in [3.63, 3.8) is 0 Å². The summed E-state index contributed by atoms with van der Waals surface area (Å²) in [5, 5.41) is 0. The number of carbonyl (C=O) groups excluding carboxylic acids is 1. The Morgan fingerprint density at radius 1 is 1.20 bits per heavy atom. The van der Waals surface area contributed by atoms with Crippen molar-refractivity contribution in [2.45, 2.75) is 4.90 Å². The Morgan fingerprint density at radius 3 is 2.53 bits per heavy atom. The molecule has 1 aliphatic rings. The highest BCUT2D eigenvalue weighted by atomic mass is 32.2. The number of methoxy groups -OCH3 is 1. The molecule has 0 atom stereocenters. The molecule has 0 saturated carbocycles. The van der Waals surface area contributed by atoms with E-state index in [0.29, 0.717) is 21.3 Å². The number of hydrogen-bond acceptors (Lipinski definition) is 7. The number of benzene rings is 2. The molecule has 1 aliphatic heterocycles. The normalized spacial score (nSPS) is 15.5. The first kappa shape index (κ1) is 22.0. The number of nitrogens with zero attached hydrogens (tertiary/aromatic N) is 1. The summed E-state index contributed by atoms with van der Waals surface area (Å²) in [6, 6.07) is 8.80. The second kappa shape index (κ2) is 8.99. The molecule has 0 radical (unpaired) electrons. The summed E-state index contributed by atoms with van der Waals surface area (Å²) in [7, 11) is -2.82. The standard InChI is InChI=1S/C20H16FNO5S3/c1-3-10-22-19(23)18(29-20(22)28)12-13-4-9-16(17(11-13)26-2)27-30(24,25)15-7-5-14(21)6-8-15/h3-9,11-12H,1,10H2,2H3. The smallest absolute Gasteiger partial charge is 0.339 e. The molecular weight excluding hydrogens is 449 g/mol. The largest absolute Gasteiger partial charge is 0.493 e. The highest BCUT2D eigenvalue weighted by Crippen LogP contribution is 2.35. The summed E-state index contributed by atoms with van der Waals surface area (Å²) in [4.78, 5) is 14.1. The molecule has 1 saturated heterocycles. The number of hydrogen-bond donors (Lipinski definition) is 0. The third-order valence-electron chi connectivity index (χ3n) is 3.97. The van der Waals surface area contributed by atoms with Gasteiger partial charge in [0, 0.05) is 6.54 Å². The molecule has 2 aromatic carbocycles. The van der Waals surface area contributed by atoms with Gasteiger partial charge in [0.05, 0.1) is 12.0 Å². The van der Waals surface area contributed by atoms with Gasteiger partial charge in [0.15, 0.2) is 11.5 Å². The molecule has 0 spiro atoms. The van der Waals surface area contributed by atoms with Gasteiger partial charge in [-0.1, -0.05) is 36.1 Å². The monoisotopic (exact) mass is 465 g/mol. The Morgan fingerprint density at radius 2 is 1.90 bits per heavy atom. The van der Waals surface area contributed by atoms with Crippen LogP contribution in [-0.2, 0) is 14.9 Å². The highest BCUT2D eigenvalue weighted by Gasteiger charge is 2.31. The first-order valence-electron chi connectivity index (χ1n) is 8.49. The second-order valence-corrected chi connectivity index (χ2v) is 9.20. The lowest BCUT2D eigenvalue weighted by atomic mass is 10.2. The van der Waals surface area contributed by atoms with Gasteiger partial charge in [-0.15, -0.1) is 6.58 Å². The third-order valence-corrected chi connectivity index (χ3v) is 6.60. The van der Waals surface area contributed by atoms with Crippen LogP contribution < -0.4 is 8.92 Å². The minimum atomic E-state index is -4.18. The maximum absolute atomic E-state index is 13.0. The Kier molecular flexibility index (Phi) is 6.59. The van der Waals surface area contributed by atoms with Crippen molar-refractivity contribution >= 4 is 50.4 Å². The van der Waals surface area contributed by atoms with E-state index < -0.39 is 15.9 Å². The topological polar surface area (TPSA) is 72.9 Å². The lowest BCUT2D eigenvalue weighted by Gasteiger charge is -2.12. The molecule has 1 fully saturated rings. The molecule has 0 N–H and O–H groups in total. The van der Waals surface area contributed by atoms with Gasteiger partial charge in [-0.3, -0.25) is 9.69 Å². The maximum Gasteiger partial charge on any atom is 0.339 e. The molecule has 30 heavy (non-hydrogen) atoms. The molecule has 0 aliphatic carbocycles. The summed E-state index contributed by atoms with van der Waals surface area (Å²) in [5.74, 6) is -0.688. The molecule has 10 heteroatoms. The summed E-state index contributed by atoms with van der Waals surface area (Å²) in [6.45, 7) is 3.93. The van der Waals surface area contributed by atoms with Gasteiger partial charge in [0.25, 0.3) is 5.91 Å². The fraction of sp³-hybridized carbons (Fsp3) is 0.100. The van der Waals surface area contributed by atoms with Crippen molar-refractivity contribution in [2.24, 2.45) is 0 Å². The van der Waals surface area contributed by atoms with E-state index >= 15 is 0 Å². The number of rotatable bonds is 7. The summed E-state index contributed by atoms with van der Waals surface area (Å²) in [6.07, 6.45) is 3.22. The Hall–Kier alpha value is -2.69. The number of carbonyl (C=O) groups is 1. The third kappa shape index (κ3) is 4.72. The highest BCUT2D eigenvalue weighted by molar-refractivity contribution is 8.26. The molecule has 6 nitrogen and oxygen atoms in total. The first-order chi connectivity index (χ1) is 14.2. The minimum absolute atomic E-state index is 0.0434. The number of thioether (sulfide) groups is 1. The molecular formula is C20H16FNO5S3. The fourth-order valence-electron chi connectivity index (χ4n) is 2.55. The summed E-state index contributed by atoms with van der Waals surface area (Å²) >= 11 is 6.37. The van der Waals surface area contributed by atoms with E-state index in [1.807, 2.05) is 0 Å². The van der Waals surface area contributed by atoms with E-state index in [0.717, 1.165) is 24.3 Å². The van der Waals surface area contributed by atoms with Gasteiger partial charge >= 0.3 is 10.1 Å². The molecule has 1 amide bonds. The van der Waals surface area contributed by atoms with Crippen LogP contribution in [0.15, 0.2) is 64.9 Å². The van der Waals surface area contributed by atoms with Gasteiger partial charge in [0.1, 0.15) is 15.0 Å². The molecule has 3 rings (SSSR count). The molecule has 0 unspecified atom stereocenters. The summed E-state index contributed by atoms with van der Waals surface area (Å²) < 4.78 is 48.7. The van der Waals surface area contributed by atoms with E-state index in [2.05, 4.69) is 6.58 Å². The predicted molar refractivity (Wildman–Crippen MR) is 117 cm³/mol. The van der Waals surface area contributed by atoms with Crippen LogP contribution in [-0.4, -0.2) is 37.2 Å². The average molecular weight is 466 g/mol. The Bertz CT molecular complexity index is 1140. The molecule has 1 heterocycles. The van der Waals surface area contributed by atoms with Crippen molar-refractivity contribution in [3.8, 4) is 11.5 Å². The van der Waals surface area contributed by atoms with Crippen LogP contribution in [0.25, 0.3) is 6.08 Å². The lowest BCUT2D eigenvalue weighted by Crippen LogP contribution is -2.27. The zero-order valence-corrected chi connectivity index (χ0v) is 18.2. The van der Waals surface area contributed by atoms with Crippen LogP contribution in [0.1, 0.15) is 5.56 Å². The van der Waals surface area contributed by atoms with Crippen LogP contribution in [0.2, 0.25) is 0 Å². The Balaban J connectivity index is 1.87. The van der Waals surface area contributed by atoms with Crippen LogP contribution in [0, 0.1) is 5.82 Å². The predicted octanol–water partition coefficient (Wildman–Crippen LogP) is 3.99. The van der Waals surface area contributed by atoms with Crippen molar-refractivity contribution in [1.29, 1.82) is 0 Å². The summed E-state index contributed by atoms with van der Waals surface area (Å²) in [5.41, 5.74) is 0.595. The first-order valence-corrected chi connectivity index (χ1v) is 11.1. The zero-order chi connectivity index (χ0) is 21.9. The SMILES string of the molecule is C=CCN1C(=O)C(=Cc2ccc(OS(=O)(=O)c3ccc(F)cc3)c(OC)c2)SC1=S. The zero-order valence-electron chi connectivity index (χ0n) is 15.7. The van der Waals surface area contributed by atoms with Gasteiger partial charge < -0.3 is 8.92 Å². The Labute approximate surface area is 183 Å². The van der Waals surface area contributed by atoms with E-state index in [1.165, 1.54) is 35.9 Å². The van der Waals surface area contributed by atoms with Crippen molar-refractivity contribution in [1.82, 2.24) is 4.90 Å². The van der Waals surface area contributed by atoms with Crippen molar-refractivity contribution in [3.05, 3.63) is 71.4 Å². The van der Waals surface area contributed by atoms with E-state index in [1.54, 1.807) is 18.2 Å².